The van der Waals surface area contributed by atoms with Gasteiger partial charge in [0.1, 0.15) is 0 Å². The van der Waals surface area contributed by atoms with Gasteiger partial charge in [0, 0.05) is 55.2 Å². The monoisotopic (exact) mass is 477 g/mol. The van der Waals surface area contributed by atoms with Crippen molar-refractivity contribution in [3.63, 3.8) is 0 Å². The van der Waals surface area contributed by atoms with Crippen LogP contribution in [-0.2, 0) is 4.74 Å². The number of nitrogens with zero attached hydrogens (tertiary/aromatic N) is 4. The summed E-state index contributed by atoms with van der Waals surface area (Å²) in [5.41, 5.74) is 7.94. The first-order valence-corrected chi connectivity index (χ1v) is 12.1. The van der Waals surface area contributed by atoms with Gasteiger partial charge < -0.3 is 15.2 Å². The highest BCUT2D eigenvalue weighted by Crippen LogP contribution is 2.64. The smallest absolute Gasteiger partial charge is 0.402 e. The summed E-state index contributed by atoms with van der Waals surface area (Å²) in [4.78, 5) is 6.50. The molecular weight excluding hydrogens is 447 g/mol. The van der Waals surface area contributed by atoms with Gasteiger partial charge in [-0.3, -0.25) is 9.58 Å². The second kappa shape index (κ2) is 7.58. The fourth-order valence-corrected chi connectivity index (χ4v) is 6.52. The average Bonchev–Trinajstić information content (AvgIpc) is 3.23. The topological polar surface area (TPSA) is 78.4 Å². The lowest BCUT2D eigenvalue weighted by Crippen LogP contribution is -2.64. The second-order valence-corrected chi connectivity index (χ2v) is 10.7. The van der Waals surface area contributed by atoms with E-state index < -0.39 is 12.1 Å². The maximum atomic E-state index is 12.7. The molecule has 2 aliphatic heterocycles. The molecule has 184 valence electrons. The summed E-state index contributed by atoms with van der Waals surface area (Å²) in [5.74, 6) is 0.924. The Bertz CT molecular complexity index is 1070. The summed E-state index contributed by atoms with van der Waals surface area (Å²) in [6, 6.07) is 4.05. The summed E-state index contributed by atoms with van der Waals surface area (Å²) in [5, 5.41) is 4.74. The number of ether oxygens (including phenoxy) is 2. The SMILES string of the molecule is CC(C)n1nc(-c2cnc(N)c(OC(F)(F)F)c2)cc1C1[C@H]2CC(N3CC4(CCCO4)C3)C[C@@H]12. The van der Waals surface area contributed by atoms with Crippen molar-refractivity contribution >= 4 is 5.82 Å². The minimum absolute atomic E-state index is 0.138. The van der Waals surface area contributed by atoms with Gasteiger partial charge in [-0.05, 0) is 63.5 Å². The van der Waals surface area contributed by atoms with Crippen LogP contribution in [0.3, 0.4) is 0 Å². The van der Waals surface area contributed by atoms with Gasteiger partial charge in [-0.15, -0.1) is 13.2 Å². The molecule has 4 fully saturated rings. The molecule has 2 saturated heterocycles. The standard InChI is InChI=1S/C24H30F3N5O2/c1-13(2)32-19(9-18(30-32)14-6-20(22(28)29-10-14)34-24(25,26)27)21-16-7-15(8-17(16)21)31-11-23(12-31)4-3-5-33-23/h6,9-10,13,15-17,21H,3-5,7-8,11-12H2,1-2H3,(H2,28,29)/t15?,16-,17+,21?. The molecule has 4 heterocycles. The number of alkyl halides is 3. The Hall–Kier alpha value is -2.33. The molecule has 4 atom stereocenters. The van der Waals surface area contributed by atoms with Crippen molar-refractivity contribution in [2.45, 2.75) is 69.5 Å². The number of pyridine rings is 1. The number of nitrogen functional groups attached to an aromatic ring is 1. The van der Waals surface area contributed by atoms with Gasteiger partial charge in [-0.1, -0.05) is 0 Å². The van der Waals surface area contributed by atoms with Crippen LogP contribution in [0, 0.1) is 11.8 Å². The normalized spacial score (nSPS) is 30.1. The molecule has 1 spiro atoms. The fraction of sp³-hybridized carbons (Fsp3) is 0.667. The zero-order valence-corrected chi connectivity index (χ0v) is 19.4. The third kappa shape index (κ3) is 3.75. The lowest BCUT2D eigenvalue weighted by atomic mass is 9.88. The number of likely N-dealkylation sites (tertiary alicyclic amines) is 1. The number of anilines is 1. The van der Waals surface area contributed by atoms with Crippen LogP contribution in [0.2, 0.25) is 0 Å². The maximum absolute atomic E-state index is 12.7. The highest BCUT2D eigenvalue weighted by atomic mass is 19.4. The number of rotatable bonds is 5. The summed E-state index contributed by atoms with van der Waals surface area (Å²) in [6.45, 7) is 7.19. The number of hydrogen-bond acceptors (Lipinski definition) is 6. The largest absolute Gasteiger partial charge is 0.573 e. The van der Waals surface area contributed by atoms with Gasteiger partial charge in [-0.25, -0.2) is 4.98 Å². The molecule has 2 saturated carbocycles. The predicted molar refractivity (Wildman–Crippen MR) is 119 cm³/mol. The van der Waals surface area contributed by atoms with E-state index >= 15 is 0 Å². The van der Waals surface area contributed by atoms with Gasteiger partial charge in [-0.2, -0.15) is 5.10 Å². The van der Waals surface area contributed by atoms with Gasteiger partial charge in [0.2, 0.25) is 0 Å². The van der Waals surface area contributed by atoms with Crippen LogP contribution in [0.5, 0.6) is 5.75 Å². The minimum atomic E-state index is -4.83. The Labute approximate surface area is 196 Å². The van der Waals surface area contributed by atoms with E-state index in [0.29, 0.717) is 35.1 Å². The van der Waals surface area contributed by atoms with Crippen LogP contribution in [0.1, 0.15) is 57.2 Å². The van der Waals surface area contributed by atoms with E-state index in [1.807, 2.05) is 10.7 Å². The first-order valence-electron chi connectivity index (χ1n) is 12.1. The molecule has 6 rings (SSSR count). The lowest BCUT2D eigenvalue weighted by Gasteiger charge is -2.50. The van der Waals surface area contributed by atoms with Crippen molar-refractivity contribution in [3.05, 3.63) is 24.0 Å². The number of hydrogen-bond donors (Lipinski definition) is 1. The predicted octanol–water partition coefficient (Wildman–Crippen LogP) is 4.36. The first-order chi connectivity index (χ1) is 16.1. The van der Waals surface area contributed by atoms with Crippen LogP contribution in [0.15, 0.2) is 18.3 Å². The Balaban J connectivity index is 1.18. The van der Waals surface area contributed by atoms with Gasteiger partial charge in [0.25, 0.3) is 0 Å². The van der Waals surface area contributed by atoms with E-state index in [2.05, 4.69) is 28.5 Å². The molecule has 0 amide bonds. The molecule has 34 heavy (non-hydrogen) atoms. The number of fused-ring (bicyclic) bond motifs is 1. The highest BCUT2D eigenvalue weighted by molar-refractivity contribution is 5.64. The molecule has 10 heteroatoms. The highest BCUT2D eigenvalue weighted by Gasteiger charge is 2.61. The molecule has 2 aromatic heterocycles. The molecule has 4 aliphatic rings. The van der Waals surface area contributed by atoms with Gasteiger partial charge in [0.05, 0.1) is 11.3 Å². The molecular formula is C24H30F3N5O2. The van der Waals surface area contributed by atoms with Crippen LogP contribution >= 0.6 is 0 Å². The number of halogens is 3. The van der Waals surface area contributed by atoms with E-state index in [1.165, 1.54) is 37.9 Å². The Morgan fingerprint density at radius 3 is 2.56 bits per heavy atom. The molecule has 0 radical (unpaired) electrons. The van der Waals surface area contributed by atoms with Crippen molar-refractivity contribution < 1.29 is 22.6 Å². The van der Waals surface area contributed by atoms with Crippen LogP contribution in [0.25, 0.3) is 11.3 Å². The van der Waals surface area contributed by atoms with E-state index in [4.69, 9.17) is 15.6 Å². The Morgan fingerprint density at radius 2 is 1.94 bits per heavy atom. The summed E-state index contributed by atoms with van der Waals surface area (Å²) in [6.07, 6.45) is 1.37. The first kappa shape index (κ1) is 22.2. The van der Waals surface area contributed by atoms with Crippen LogP contribution in [0.4, 0.5) is 19.0 Å². The Morgan fingerprint density at radius 1 is 1.21 bits per heavy atom. The molecule has 0 bridgehead atoms. The Kier molecular flexibility index (Phi) is 4.94. The molecule has 2 N–H and O–H groups in total. The van der Waals surface area contributed by atoms with E-state index in [-0.39, 0.29) is 17.5 Å². The summed E-state index contributed by atoms with van der Waals surface area (Å²) >= 11 is 0. The average molecular weight is 478 g/mol. The molecule has 0 aromatic carbocycles. The molecule has 2 aromatic rings. The quantitative estimate of drug-likeness (QED) is 0.689. The summed E-state index contributed by atoms with van der Waals surface area (Å²) in [7, 11) is 0. The molecule has 2 unspecified atom stereocenters. The molecule has 2 aliphatic carbocycles. The lowest BCUT2D eigenvalue weighted by molar-refractivity contribution is -0.274. The number of nitrogens with two attached hydrogens (primary N) is 1. The van der Waals surface area contributed by atoms with Crippen molar-refractivity contribution in [1.29, 1.82) is 0 Å². The van der Waals surface area contributed by atoms with Crippen molar-refractivity contribution in [2.24, 2.45) is 11.8 Å². The minimum Gasteiger partial charge on any atom is -0.402 e. The van der Waals surface area contributed by atoms with Crippen molar-refractivity contribution in [3.8, 4) is 17.0 Å². The van der Waals surface area contributed by atoms with E-state index in [0.717, 1.165) is 25.4 Å². The summed E-state index contributed by atoms with van der Waals surface area (Å²) < 4.78 is 50.3. The van der Waals surface area contributed by atoms with Gasteiger partial charge in [0.15, 0.2) is 11.6 Å². The van der Waals surface area contributed by atoms with Crippen LogP contribution in [-0.4, -0.2) is 57.4 Å². The fourth-order valence-electron chi connectivity index (χ4n) is 6.52. The second-order valence-electron chi connectivity index (χ2n) is 10.7. The van der Waals surface area contributed by atoms with Gasteiger partial charge >= 0.3 is 6.36 Å². The van der Waals surface area contributed by atoms with E-state index in [9.17, 15) is 13.2 Å². The number of aromatic nitrogens is 3. The van der Waals surface area contributed by atoms with Crippen LogP contribution < -0.4 is 10.5 Å². The molecule has 7 nitrogen and oxygen atoms in total. The zero-order chi connectivity index (χ0) is 23.8. The zero-order valence-electron chi connectivity index (χ0n) is 19.4. The third-order valence-electron chi connectivity index (χ3n) is 8.10. The maximum Gasteiger partial charge on any atom is 0.573 e. The van der Waals surface area contributed by atoms with Crippen molar-refractivity contribution in [1.82, 2.24) is 19.7 Å². The van der Waals surface area contributed by atoms with E-state index in [1.54, 1.807) is 0 Å². The third-order valence-corrected chi connectivity index (χ3v) is 8.10. The van der Waals surface area contributed by atoms with Crippen molar-refractivity contribution in [2.75, 3.05) is 25.4 Å².